The van der Waals surface area contributed by atoms with Crippen molar-refractivity contribution in [1.82, 2.24) is 9.55 Å². The first-order chi connectivity index (χ1) is 7.75. The summed E-state index contributed by atoms with van der Waals surface area (Å²) >= 11 is 5.61. The van der Waals surface area contributed by atoms with Crippen LogP contribution in [0.5, 0.6) is 0 Å². The molecule has 2 rings (SSSR count). The summed E-state index contributed by atoms with van der Waals surface area (Å²) in [6, 6.07) is 11.3. The third kappa shape index (κ3) is 2.70. The number of nitrogens with zero attached hydrogens (tertiary/aromatic N) is 2. The Labute approximate surface area is 98.3 Å². The SMILES string of the molecule is O=c1cc(Cl)ncn1CCc1ccccc1. The summed E-state index contributed by atoms with van der Waals surface area (Å²) in [5, 5.41) is 0.237. The summed E-state index contributed by atoms with van der Waals surface area (Å²) < 4.78 is 1.55. The highest BCUT2D eigenvalue weighted by Crippen LogP contribution is 2.01. The molecule has 1 aromatic carbocycles. The van der Waals surface area contributed by atoms with Gasteiger partial charge in [-0.25, -0.2) is 4.98 Å². The van der Waals surface area contributed by atoms with Gasteiger partial charge in [-0.15, -0.1) is 0 Å². The van der Waals surface area contributed by atoms with Gasteiger partial charge in [-0.3, -0.25) is 9.36 Å². The van der Waals surface area contributed by atoms with Crippen LogP contribution >= 0.6 is 11.6 Å². The van der Waals surface area contributed by atoms with Crippen LogP contribution in [0.4, 0.5) is 0 Å². The molecule has 0 bridgehead atoms. The molecule has 4 heteroatoms. The third-order valence-corrected chi connectivity index (χ3v) is 2.54. The Bertz CT molecular complexity index is 522. The van der Waals surface area contributed by atoms with Gasteiger partial charge in [0.2, 0.25) is 0 Å². The molecule has 82 valence electrons. The Morgan fingerprint density at radius 2 is 2.00 bits per heavy atom. The van der Waals surface area contributed by atoms with E-state index in [0.717, 1.165) is 6.42 Å². The van der Waals surface area contributed by atoms with Crippen LogP contribution in [0.2, 0.25) is 5.15 Å². The lowest BCUT2D eigenvalue weighted by molar-refractivity contribution is 0.654. The van der Waals surface area contributed by atoms with E-state index in [1.165, 1.54) is 18.0 Å². The molecule has 0 aliphatic heterocycles. The van der Waals surface area contributed by atoms with Crippen LogP contribution < -0.4 is 5.56 Å². The third-order valence-electron chi connectivity index (χ3n) is 2.33. The molecule has 16 heavy (non-hydrogen) atoms. The van der Waals surface area contributed by atoms with E-state index < -0.39 is 0 Å². The van der Waals surface area contributed by atoms with Crippen molar-refractivity contribution in [3.05, 3.63) is 63.8 Å². The molecule has 0 saturated heterocycles. The summed E-state index contributed by atoms with van der Waals surface area (Å²) in [5.74, 6) is 0. The topological polar surface area (TPSA) is 34.9 Å². The second kappa shape index (κ2) is 4.94. The molecule has 0 N–H and O–H groups in total. The predicted molar refractivity (Wildman–Crippen MR) is 63.7 cm³/mol. The zero-order valence-electron chi connectivity index (χ0n) is 8.64. The molecule has 0 unspecified atom stereocenters. The lowest BCUT2D eigenvalue weighted by Crippen LogP contribution is -2.20. The number of hydrogen-bond donors (Lipinski definition) is 0. The maximum absolute atomic E-state index is 11.5. The second-order valence-corrected chi connectivity index (χ2v) is 3.87. The van der Waals surface area contributed by atoms with Gasteiger partial charge in [-0.2, -0.15) is 0 Å². The molecule has 3 nitrogen and oxygen atoms in total. The molecule has 1 aromatic heterocycles. The quantitative estimate of drug-likeness (QED) is 0.763. The standard InChI is InChI=1S/C12H11ClN2O/c13-11-8-12(16)15(9-14-11)7-6-10-4-2-1-3-5-10/h1-5,8-9H,6-7H2. The van der Waals surface area contributed by atoms with Gasteiger partial charge < -0.3 is 0 Å². The summed E-state index contributed by atoms with van der Waals surface area (Å²) in [5.41, 5.74) is 1.08. The van der Waals surface area contributed by atoms with Gasteiger partial charge in [0.25, 0.3) is 5.56 Å². The molecule has 0 atom stereocenters. The maximum Gasteiger partial charge on any atom is 0.254 e. The van der Waals surface area contributed by atoms with Gasteiger partial charge in [-0.1, -0.05) is 41.9 Å². The number of rotatable bonds is 3. The van der Waals surface area contributed by atoms with Gasteiger partial charge in [0.1, 0.15) is 5.15 Å². The smallest absolute Gasteiger partial charge is 0.254 e. The van der Waals surface area contributed by atoms with Gasteiger partial charge in [0, 0.05) is 12.6 Å². The van der Waals surface area contributed by atoms with E-state index >= 15 is 0 Å². The van der Waals surface area contributed by atoms with Gasteiger partial charge in [0.15, 0.2) is 0 Å². The molecule has 0 fully saturated rings. The number of hydrogen-bond acceptors (Lipinski definition) is 2. The number of aryl methyl sites for hydroxylation is 2. The average Bonchev–Trinajstić information content (AvgIpc) is 2.29. The van der Waals surface area contributed by atoms with Crippen LogP contribution in [0.25, 0.3) is 0 Å². The zero-order chi connectivity index (χ0) is 11.4. The largest absolute Gasteiger partial charge is 0.299 e. The molecule has 0 radical (unpaired) electrons. The Kier molecular flexibility index (Phi) is 3.37. The zero-order valence-corrected chi connectivity index (χ0v) is 9.39. The van der Waals surface area contributed by atoms with Crippen LogP contribution in [0.1, 0.15) is 5.56 Å². The minimum Gasteiger partial charge on any atom is -0.299 e. The number of benzene rings is 1. The minimum atomic E-state index is -0.115. The summed E-state index contributed by atoms with van der Waals surface area (Å²) in [7, 11) is 0. The highest BCUT2D eigenvalue weighted by atomic mass is 35.5. The van der Waals surface area contributed by atoms with Crippen LogP contribution in [-0.2, 0) is 13.0 Å². The van der Waals surface area contributed by atoms with Crippen molar-refractivity contribution in [2.45, 2.75) is 13.0 Å². The molecular formula is C12H11ClN2O. The Morgan fingerprint density at radius 1 is 1.25 bits per heavy atom. The molecule has 0 amide bonds. The minimum absolute atomic E-state index is 0.115. The van der Waals surface area contributed by atoms with E-state index in [0.29, 0.717) is 6.54 Å². The van der Waals surface area contributed by atoms with Crippen LogP contribution in [0.15, 0.2) is 47.5 Å². The fourth-order valence-electron chi connectivity index (χ4n) is 1.47. The monoisotopic (exact) mass is 234 g/mol. The lowest BCUT2D eigenvalue weighted by atomic mass is 10.1. The van der Waals surface area contributed by atoms with Crippen LogP contribution in [-0.4, -0.2) is 9.55 Å². The summed E-state index contributed by atoms with van der Waals surface area (Å²) in [4.78, 5) is 15.4. The second-order valence-electron chi connectivity index (χ2n) is 3.48. The van der Waals surface area contributed by atoms with E-state index in [4.69, 9.17) is 11.6 Å². The fraction of sp³-hybridized carbons (Fsp3) is 0.167. The van der Waals surface area contributed by atoms with Crippen molar-refractivity contribution in [2.24, 2.45) is 0 Å². The molecular weight excluding hydrogens is 224 g/mol. The van der Waals surface area contributed by atoms with E-state index in [1.807, 2.05) is 30.3 Å². The number of halogens is 1. The predicted octanol–water partition coefficient (Wildman–Crippen LogP) is 2.14. The Morgan fingerprint density at radius 3 is 2.69 bits per heavy atom. The van der Waals surface area contributed by atoms with Gasteiger partial charge in [0.05, 0.1) is 6.33 Å². The highest BCUT2D eigenvalue weighted by Gasteiger charge is 1.98. The summed E-state index contributed by atoms with van der Waals surface area (Å²) in [6.07, 6.45) is 2.29. The fourth-order valence-corrected chi connectivity index (χ4v) is 1.60. The first-order valence-corrected chi connectivity index (χ1v) is 5.39. The van der Waals surface area contributed by atoms with Crippen molar-refractivity contribution >= 4 is 11.6 Å². The van der Waals surface area contributed by atoms with Gasteiger partial charge >= 0.3 is 0 Å². The average molecular weight is 235 g/mol. The highest BCUT2D eigenvalue weighted by molar-refractivity contribution is 6.29. The first-order valence-electron chi connectivity index (χ1n) is 5.01. The van der Waals surface area contributed by atoms with Gasteiger partial charge in [-0.05, 0) is 12.0 Å². The Hall–Kier alpha value is -1.61. The van der Waals surface area contributed by atoms with E-state index in [9.17, 15) is 4.79 Å². The molecule has 0 saturated carbocycles. The number of aromatic nitrogens is 2. The molecule has 0 aliphatic rings. The van der Waals surface area contributed by atoms with Crippen molar-refractivity contribution in [3.63, 3.8) is 0 Å². The van der Waals surface area contributed by atoms with Crippen LogP contribution in [0.3, 0.4) is 0 Å². The molecule has 1 heterocycles. The molecule has 0 spiro atoms. The van der Waals surface area contributed by atoms with E-state index in [1.54, 1.807) is 4.57 Å². The molecule has 2 aromatic rings. The maximum atomic E-state index is 11.5. The van der Waals surface area contributed by atoms with Crippen molar-refractivity contribution < 1.29 is 0 Å². The van der Waals surface area contributed by atoms with Crippen LogP contribution in [0, 0.1) is 0 Å². The Balaban J connectivity index is 2.08. The lowest BCUT2D eigenvalue weighted by Gasteiger charge is -2.04. The van der Waals surface area contributed by atoms with Crippen molar-refractivity contribution in [3.8, 4) is 0 Å². The molecule has 0 aliphatic carbocycles. The van der Waals surface area contributed by atoms with E-state index in [-0.39, 0.29) is 10.7 Å². The van der Waals surface area contributed by atoms with E-state index in [2.05, 4.69) is 4.98 Å². The van der Waals surface area contributed by atoms with Crippen molar-refractivity contribution in [1.29, 1.82) is 0 Å². The normalized spacial score (nSPS) is 10.3. The first kappa shape index (κ1) is 10.9. The summed E-state index contributed by atoms with van der Waals surface area (Å²) in [6.45, 7) is 0.618. The van der Waals surface area contributed by atoms with Crippen molar-refractivity contribution in [2.75, 3.05) is 0 Å².